The topological polar surface area (TPSA) is 101 Å². The van der Waals surface area contributed by atoms with Crippen molar-refractivity contribution in [2.24, 2.45) is 0 Å². The fourth-order valence-electron chi connectivity index (χ4n) is 2.71. The molecule has 3 aromatic carbocycles. The van der Waals surface area contributed by atoms with Gasteiger partial charge in [0.25, 0.3) is 5.69 Å². The summed E-state index contributed by atoms with van der Waals surface area (Å²) < 4.78 is 0.728. The van der Waals surface area contributed by atoms with E-state index in [1.807, 2.05) is 6.07 Å². The molecule has 0 radical (unpaired) electrons. The molecule has 0 saturated heterocycles. The normalized spacial score (nSPS) is 10.2. The fourth-order valence-corrected chi connectivity index (χ4v) is 3.07. The van der Waals surface area contributed by atoms with E-state index < -0.39 is 10.8 Å². The number of nitrogens with one attached hydrogen (secondary N) is 2. The number of rotatable bonds is 7. The van der Waals surface area contributed by atoms with Crippen LogP contribution in [-0.4, -0.2) is 23.2 Å². The van der Waals surface area contributed by atoms with Crippen molar-refractivity contribution in [3.8, 4) is 0 Å². The summed E-state index contributed by atoms with van der Waals surface area (Å²) in [6.45, 7) is -0.164. The molecule has 0 aliphatic carbocycles. The molecule has 0 aliphatic heterocycles. The number of halogens is 1. The minimum Gasteiger partial charge on any atom is -0.376 e. The number of amides is 1. The van der Waals surface area contributed by atoms with Crippen LogP contribution in [0.25, 0.3) is 0 Å². The van der Waals surface area contributed by atoms with Crippen LogP contribution in [0.4, 0.5) is 17.1 Å². The SMILES string of the molecule is O=C(CNc1ccc(Br)cc1C(=O)c1ccccc1)Nc1ccccc1[N+](=O)[O-]. The molecule has 0 spiro atoms. The highest BCUT2D eigenvalue weighted by Gasteiger charge is 2.17. The molecule has 3 rings (SSSR count). The van der Waals surface area contributed by atoms with Gasteiger partial charge in [-0.2, -0.15) is 0 Å². The summed E-state index contributed by atoms with van der Waals surface area (Å²) >= 11 is 3.36. The van der Waals surface area contributed by atoms with Crippen LogP contribution in [0.1, 0.15) is 15.9 Å². The Bertz CT molecular complexity index is 1070. The zero-order valence-electron chi connectivity index (χ0n) is 15.1. The van der Waals surface area contributed by atoms with Crippen LogP contribution in [0.3, 0.4) is 0 Å². The third-order valence-corrected chi connectivity index (χ3v) is 4.57. The number of hydrogen-bond acceptors (Lipinski definition) is 5. The lowest BCUT2D eigenvalue weighted by Gasteiger charge is -2.12. The Morgan fingerprint density at radius 2 is 1.62 bits per heavy atom. The van der Waals surface area contributed by atoms with Crippen molar-refractivity contribution in [1.82, 2.24) is 0 Å². The van der Waals surface area contributed by atoms with Gasteiger partial charge in [0.05, 0.1) is 11.5 Å². The number of hydrogen-bond donors (Lipinski definition) is 2. The second kappa shape index (κ2) is 9.11. The predicted octanol–water partition coefficient (Wildman–Crippen LogP) is 4.64. The molecular weight excluding hydrogens is 438 g/mol. The Labute approximate surface area is 175 Å². The van der Waals surface area contributed by atoms with Gasteiger partial charge >= 0.3 is 0 Å². The summed E-state index contributed by atoms with van der Waals surface area (Å²) in [5.41, 5.74) is 1.34. The number of benzene rings is 3. The first kappa shape index (κ1) is 20.2. The molecule has 0 heterocycles. The third kappa shape index (κ3) is 5.05. The molecule has 0 aromatic heterocycles. The number of anilines is 2. The van der Waals surface area contributed by atoms with Gasteiger partial charge in [0.2, 0.25) is 5.91 Å². The molecule has 146 valence electrons. The summed E-state index contributed by atoms with van der Waals surface area (Å²) in [7, 11) is 0. The fraction of sp³-hybridized carbons (Fsp3) is 0.0476. The number of carbonyl (C=O) groups is 2. The van der Waals surface area contributed by atoms with E-state index in [1.54, 1.807) is 48.5 Å². The predicted molar refractivity (Wildman–Crippen MR) is 114 cm³/mol. The second-order valence-electron chi connectivity index (χ2n) is 6.06. The van der Waals surface area contributed by atoms with E-state index in [1.165, 1.54) is 18.2 Å². The van der Waals surface area contributed by atoms with Crippen LogP contribution < -0.4 is 10.6 Å². The first-order valence-electron chi connectivity index (χ1n) is 8.62. The van der Waals surface area contributed by atoms with Crippen molar-refractivity contribution in [1.29, 1.82) is 0 Å². The zero-order valence-corrected chi connectivity index (χ0v) is 16.7. The van der Waals surface area contributed by atoms with Gasteiger partial charge in [0, 0.05) is 27.4 Å². The quantitative estimate of drug-likeness (QED) is 0.308. The van der Waals surface area contributed by atoms with E-state index in [4.69, 9.17) is 0 Å². The Kier molecular flexibility index (Phi) is 6.36. The van der Waals surface area contributed by atoms with E-state index in [0.717, 1.165) is 4.47 Å². The molecule has 3 aromatic rings. The highest BCUT2D eigenvalue weighted by atomic mass is 79.9. The Morgan fingerprint density at radius 3 is 2.34 bits per heavy atom. The molecule has 8 heteroatoms. The highest BCUT2D eigenvalue weighted by molar-refractivity contribution is 9.10. The number of nitro benzene ring substituents is 1. The van der Waals surface area contributed by atoms with Gasteiger partial charge in [-0.15, -0.1) is 0 Å². The summed E-state index contributed by atoms with van der Waals surface area (Å²) in [5.74, 6) is -0.658. The van der Waals surface area contributed by atoms with Gasteiger partial charge in [-0.1, -0.05) is 58.4 Å². The molecule has 29 heavy (non-hydrogen) atoms. The Morgan fingerprint density at radius 1 is 0.931 bits per heavy atom. The van der Waals surface area contributed by atoms with Gasteiger partial charge in [0.1, 0.15) is 5.69 Å². The lowest BCUT2D eigenvalue weighted by Crippen LogP contribution is -2.23. The Hall–Kier alpha value is -3.52. The largest absolute Gasteiger partial charge is 0.376 e. The van der Waals surface area contributed by atoms with Crippen LogP contribution in [0.2, 0.25) is 0 Å². The average Bonchev–Trinajstić information content (AvgIpc) is 2.73. The molecule has 0 fully saturated rings. The Balaban J connectivity index is 1.75. The number of ketones is 1. The molecule has 0 saturated carbocycles. The van der Waals surface area contributed by atoms with Crippen LogP contribution >= 0.6 is 15.9 Å². The smallest absolute Gasteiger partial charge is 0.292 e. The van der Waals surface area contributed by atoms with Crippen LogP contribution in [0, 0.1) is 10.1 Å². The maximum absolute atomic E-state index is 12.8. The van der Waals surface area contributed by atoms with Crippen molar-refractivity contribution in [3.63, 3.8) is 0 Å². The number of para-hydroxylation sites is 2. The average molecular weight is 454 g/mol. The molecule has 0 aliphatic rings. The molecule has 0 atom stereocenters. The number of nitrogens with zero attached hydrogens (tertiary/aromatic N) is 1. The number of nitro groups is 1. The summed E-state index contributed by atoms with van der Waals surface area (Å²) in [6.07, 6.45) is 0. The van der Waals surface area contributed by atoms with Crippen molar-refractivity contribution in [2.75, 3.05) is 17.2 Å². The maximum Gasteiger partial charge on any atom is 0.292 e. The first-order chi connectivity index (χ1) is 14.0. The van der Waals surface area contributed by atoms with Crippen molar-refractivity contribution < 1.29 is 14.5 Å². The highest BCUT2D eigenvalue weighted by Crippen LogP contribution is 2.25. The van der Waals surface area contributed by atoms with E-state index in [2.05, 4.69) is 26.6 Å². The van der Waals surface area contributed by atoms with E-state index >= 15 is 0 Å². The van der Waals surface area contributed by atoms with Crippen molar-refractivity contribution >= 4 is 44.7 Å². The van der Waals surface area contributed by atoms with E-state index in [9.17, 15) is 19.7 Å². The molecule has 7 nitrogen and oxygen atoms in total. The van der Waals surface area contributed by atoms with Gasteiger partial charge < -0.3 is 10.6 Å². The summed E-state index contributed by atoms with van der Waals surface area (Å²) in [4.78, 5) is 35.6. The molecular formula is C21H16BrN3O4. The lowest BCUT2D eigenvalue weighted by atomic mass is 10.0. The lowest BCUT2D eigenvalue weighted by molar-refractivity contribution is -0.383. The summed E-state index contributed by atoms with van der Waals surface area (Å²) in [6, 6.07) is 19.8. The molecule has 1 amide bonds. The molecule has 0 unspecified atom stereocenters. The molecule has 0 bridgehead atoms. The van der Waals surface area contributed by atoms with Gasteiger partial charge in [-0.05, 0) is 24.3 Å². The van der Waals surface area contributed by atoms with Crippen LogP contribution in [0.15, 0.2) is 77.3 Å². The van der Waals surface area contributed by atoms with Crippen LogP contribution in [-0.2, 0) is 4.79 Å². The minimum atomic E-state index is -0.561. The monoisotopic (exact) mass is 453 g/mol. The molecule has 2 N–H and O–H groups in total. The van der Waals surface area contributed by atoms with Gasteiger partial charge in [0.15, 0.2) is 5.78 Å². The minimum absolute atomic E-state index is 0.112. The van der Waals surface area contributed by atoms with Crippen molar-refractivity contribution in [3.05, 3.63) is 98.5 Å². The van der Waals surface area contributed by atoms with E-state index in [-0.39, 0.29) is 23.7 Å². The van der Waals surface area contributed by atoms with Crippen molar-refractivity contribution in [2.45, 2.75) is 0 Å². The second-order valence-corrected chi connectivity index (χ2v) is 6.98. The van der Waals surface area contributed by atoms with Gasteiger partial charge in [-0.25, -0.2) is 0 Å². The van der Waals surface area contributed by atoms with E-state index in [0.29, 0.717) is 16.8 Å². The standard InChI is InChI=1S/C21H16BrN3O4/c22-15-10-11-17(16(12-15)21(27)14-6-2-1-3-7-14)23-13-20(26)24-18-8-4-5-9-19(18)25(28)29/h1-12,23H,13H2,(H,24,26). The van der Waals surface area contributed by atoms with Crippen LogP contribution in [0.5, 0.6) is 0 Å². The maximum atomic E-state index is 12.8. The summed E-state index contributed by atoms with van der Waals surface area (Å²) in [5, 5.41) is 16.5. The first-order valence-corrected chi connectivity index (χ1v) is 9.41. The van der Waals surface area contributed by atoms with Gasteiger partial charge in [-0.3, -0.25) is 19.7 Å². The third-order valence-electron chi connectivity index (χ3n) is 4.08. The zero-order chi connectivity index (χ0) is 20.8. The number of carbonyl (C=O) groups excluding carboxylic acids is 2.